The molecule has 2 rings (SSSR count). The Balaban J connectivity index is 0.00000162. The summed E-state index contributed by atoms with van der Waals surface area (Å²) in [5.74, 6) is -0.792. The molecule has 1 atom stereocenters. The first kappa shape index (κ1) is 14.5. The number of carboxylic acid groups (broad SMARTS) is 1. The highest BCUT2D eigenvalue weighted by Gasteiger charge is 2.40. The van der Waals surface area contributed by atoms with Crippen molar-refractivity contribution in [3.05, 3.63) is 35.4 Å². The van der Waals surface area contributed by atoms with Crippen LogP contribution in [0.2, 0.25) is 0 Å². The van der Waals surface area contributed by atoms with Gasteiger partial charge in [-0.1, -0.05) is 12.1 Å². The summed E-state index contributed by atoms with van der Waals surface area (Å²) in [5.41, 5.74) is 0.715. The summed E-state index contributed by atoms with van der Waals surface area (Å²) >= 11 is 0. The van der Waals surface area contributed by atoms with E-state index < -0.39 is 11.5 Å². The van der Waals surface area contributed by atoms with Crippen molar-refractivity contribution in [2.24, 2.45) is 0 Å². The average Bonchev–Trinajstić information content (AvgIpc) is 2.80. The minimum atomic E-state index is -0.825. The minimum absolute atomic E-state index is 0. The predicted octanol–water partition coefficient (Wildman–Crippen LogP) is 1.73. The second kappa shape index (κ2) is 5.85. The highest BCUT2D eigenvalue weighted by Crippen LogP contribution is 2.24. The van der Waals surface area contributed by atoms with Gasteiger partial charge in [0.15, 0.2) is 0 Å². The Kier molecular flexibility index (Phi) is 4.71. The number of hydrogen-bond donors (Lipinski definition) is 2. The van der Waals surface area contributed by atoms with E-state index in [1.807, 2.05) is 18.2 Å². The number of hydrogen-bond acceptors (Lipinski definition) is 3. The summed E-state index contributed by atoms with van der Waals surface area (Å²) in [6.45, 7) is 0.753. The van der Waals surface area contributed by atoms with Gasteiger partial charge >= 0.3 is 5.97 Å². The lowest BCUT2D eigenvalue weighted by atomic mass is 9.89. The molecule has 0 aliphatic carbocycles. The molecule has 0 radical (unpaired) electrons. The smallest absolute Gasteiger partial charge is 0.324 e. The number of carboxylic acids is 1. The summed E-state index contributed by atoms with van der Waals surface area (Å²) in [6, 6.07) is 9.14. The second-order valence-electron chi connectivity index (χ2n) is 4.40. The quantitative estimate of drug-likeness (QED) is 0.874. The van der Waals surface area contributed by atoms with Crippen molar-refractivity contribution in [2.75, 3.05) is 6.54 Å². The van der Waals surface area contributed by atoms with Crippen LogP contribution in [0.15, 0.2) is 24.3 Å². The van der Waals surface area contributed by atoms with Crippen LogP contribution in [0.1, 0.15) is 24.0 Å². The van der Waals surface area contributed by atoms with Gasteiger partial charge in [-0.2, -0.15) is 5.26 Å². The first-order chi connectivity index (χ1) is 8.16. The van der Waals surface area contributed by atoms with Crippen LogP contribution < -0.4 is 5.32 Å². The zero-order valence-electron chi connectivity index (χ0n) is 9.85. The lowest BCUT2D eigenvalue weighted by molar-refractivity contribution is -0.144. The third kappa shape index (κ3) is 2.81. The maximum Gasteiger partial charge on any atom is 0.324 e. The molecule has 18 heavy (non-hydrogen) atoms. The van der Waals surface area contributed by atoms with Crippen LogP contribution in [-0.4, -0.2) is 23.2 Å². The average molecular weight is 267 g/mol. The molecule has 1 fully saturated rings. The molecule has 5 heteroatoms. The third-order valence-electron chi connectivity index (χ3n) is 3.24. The number of halogens is 1. The first-order valence-corrected chi connectivity index (χ1v) is 5.64. The van der Waals surface area contributed by atoms with E-state index in [1.54, 1.807) is 12.1 Å². The Hall–Kier alpha value is -1.57. The molecular weight excluding hydrogens is 252 g/mol. The third-order valence-corrected chi connectivity index (χ3v) is 3.24. The van der Waals surface area contributed by atoms with Crippen molar-refractivity contribution in [1.82, 2.24) is 5.32 Å². The molecule has 0 unspecified atom stereocenters. The Morgan fingerprint density at radius 1 is 1.44 bits per heavy atom. The molecular formula is C13H15ClN2O2. The van der Waals surface area contributed by atoms with E-state index in [2.05, 4.69) is 5.32 Å². The van der Waals surface area contributed by atoms with Crippen LogP contribution in [0, 0.1) is 11.3 Å². The fourth-order valence-electron chi connectivity index (χ4n) is 2.26. The van der Waals surface area contributed by atoms with Crippen LogP contribution in [-0.2, 0) is 11.2 Å². The maximum atomic E-state index is 11.3. The standard InChI is InChI=1S/C13H14N2O2.ClH/c14-9-11-4-2-10(3-5-11)8-13(12(16)17)6-1-7-15-13;/h2-5,15H,1,6-8H2,(H,16,17);1H/t13-;/m0./s1. The molecule has 0 amide bonds. The van der Waals surface area contributed by atoms with Crippen LogP contribution in [0.4, 0.5) is 0 Å². The molecule has 0 aromatic heterocycles. The van der Waals surface area contributed by atoms with E-state index in [1.165, 1.54) is 0 Å². The summed E-state index contributed by atoms with van der Waals surface area (Å²) < 4.78 is 0. The summed E-state index contributed by atoms with van der Waals surface area (Å²) in [4.78, 5) is 11.3. The number of nitrogens with one attached hydrogen (secondary N) is 1. The van der Waals surface area contributed by atoms with Crippen molar-refractivity contribution in [3.8, 4) is 6.07 Å². The topological polar surface area (TPSA) is 73.1 Å². The number of aliphatic carboxylic acids is 1. The van der Waals surface area contributed by atoms with Gasteiger partial charge in [-0.15, -0.1) is 12.4 Å². The molecule has 1 aromatic carbocycles. The van der Waals surface area contributed by atoms with E-state index in [-0.39, 0.29) is 12.4 Å². The van der Waals surface area contributed by atoms with Gasteiger partial charge in [0.2, 0.25) is 0 Å². The van der Waals surface area contributed by atoms with Crippen LogP contribution in [0.5, 0.6) is 0 Å². The van der Waals surface area contributed by atoms with Crippen molar-refractivity contribution in [3.63, 3.8) is 0 Å². The van der Waals surface area contributed by atoms with Gasteiger partial charge in [-0.05, 0) is 37.1 Å². The van der Waals surface area contributed by atoms with Gasteiger partial charge in [0.1, 0.15) is 5.54 Å². The summed E-state index contributed by atoms with van der Waals surface area (Å²) in [5, 5.41) is 21.1. The van der Waals surface area contributed by atoms with Gasteiger partial charge < -0.3 is 10.4 Å². The van der Waals surface area contributed by atoms with Gasteiger partial charge in [0.25, 0.3) is 0 Å². The maximum absolute atomic E-state index is 11.3. The van der Waals surface area contributed by atoms with Gasteiger partial charge in [0, 0.05) is 6.42 Å². The Morgan fingerprint density at radius 3 is 2.56 bits per heavy atom. The second-order valence-corrected chi connectivity index (χ2v) is 4.40. The normalized spacial score (nSPS) is 21.9. The molecule has 0 spiro atoms. The zero-order valence-corrected chi connectivity index (χ0v) is 10.7. The highest BCUT2D eigenvalue weighted by atomic mass is 35.5. The van der Waals surface area contributed by atoms with Crippen molar-refractivity contribution >= 4 is 18.4 Å². The number of nitriles is 1. The van der Waals surface area contributed by atoms with Gasteiger partial charge in [-0.25, -0.2) is 0 Å². The lowest BCUT2D eigenvalue weighted by Gasteiger charge is -2.24. The molecule has 0 saturated carbocycles. The van der Waals surface area contributed by atoms with E-state index in [4.69, 9.17) is 5.26 Å². The first-order valence-electron chi connectivity index (χ1n) is 5.64. The van der Waals surface area contributed by atoms with Gasteiger partial charge in [0.05, 0.1) is 11.6 Å². The van der Waals surface area contributed by atoms with E-state index in [0.29, 0.717) is 18.4 Å². The fourth-order valence-corrected chi connectivity index (χ4v) is 2.26. The number of rotatable bonds is 3. The Morgan fingerprint density at radius 2 is 2.11 bits per heavy atom. The molecule has 1 aliphatic heterocycles. The summed E-state index contributed by atoms with van der Waals surface area (Å²) in [7, 11) is 0. The highest BCUT2D eigenvalue weighted by molar-refractivity contribution is 5.85. The molecule has 2 N–H and O–H groups in total. The zero-order chi connectivity index (χ0) is 12.3. The SMILES string of the molecule is Cl.N#Cc1ccc(C[C@]2(C(=O)O)CCCN2)cc1. The van der Waals surface area contributed by atoms with Gasteiger partial charge in [-0.3, -0.25) is 4.79 Å². The lowest BCUT2D eigenvalue weighted by Crippen LogP contribution is -2.49. The monoisotopic (exact) mass is 266 g/mol. The molecule has 1 aromatic rings. The number of benzene rings is 1. The van der Waals surface area contributed by atoms with Crippen LogP contribution in [0.3, 0.4) is 0 Å². The molecule has 4 nitrogen and oxygen atoms in total. The van der Waals surface area contributed by atoms with E-state index in [0.717, 1.165) is 18.5 Å². The van der Waals surface area contributed by atoms with Crippen LogP contribution >= 0.6 is 12.4 Å². The number of nitrogens with zero attached hydrogens (tertiary/aromatic N) is 1. The minimum Gasteiger partial charge on any atom is -0.480 e. The molecule has 1 aliphatic rings. The van der Waals surface area contributed by atoms with E-state index in [9.17, 15) is 9.90 Å². The Bertz CT molecular complexity index is 459. The molecule has 1 saturated heterocycles. The summed E-state index contributed by atoms with van der Waals surface area (Å²) in [6.07, 6.45) is 2.01. The number of carbonyl (C=O) groups is 1. The Labute approximate surface area is 112 Å². The van der Waals surface area contributed by atoms with Crippen molar-refractivity contribution in [2.45, 2.75) is 24.8 Å². The molecule has 96 valence electrons. The van der Waals surface area contributed by atoms with Crippen molar-refractivity contribution < 1.29 is 9.90 Å². The molecule has 1 heterocycles. The van der Waals surface area contributed by atoms with Crippen molar-refractivity contribution in [1.29, 1.82) is 5.26 Å². The van der Waals surface area contributed by atoms with E-state index >= 15 is 0 Å². The largest absolute Gasteiger partial charge is 0.480 e. The van der Waals surface area contributed by atoms with Crippen LogP contribution in [0.25, 0.3) is 0 Å². The predicted molar refractivity (Wildman–Crippen MR) is 69.7 cm³/mol. The molecule has 0 bridgehead atoms. The fraction of sp³-hybridized carbons (Fsp3) is 0.385.